The number of halogens is 2. The second-order valence-corrected chi connectivity index (χ2v) is 4.74. The van der Waals surface area contributed by atoms with Crippen molar-refractivity contribution in [2.24, 2.45) is 0 Å². The number of alkyl halides is 1. The SMILES string of the molecule is CC1CN(Cc2cncc(F)c2)CC(CCl)O1. The molecule has 17 heavy (non-hydrogen) atoms. The molecule has 0 spiro atoms. The van der Waals surface area contributed by atoms with E-state index in [0.29, 0.717) is 12.4 Å². The van der Waals surface area contributed by atoms with Gasteiger partial charge in [0.1, 0.15) is 5.82 Å². The Balaban J connectivity index is 1.98. The largest absolute Gasteiger partial charge is 0.371 e. The molecule has 0 bridgehead atoms. The summed E-state index contributed by atoms with van der Waals surface area (Å²) in [6.45, 7) is 4.33. The van der Waals surface area contributed by atoms with Crippen LogP contribution >= 0.6 is 11.6 Å². The molecule has 0 amide bonds. The topological polar surface area (TPSA) is 25.4 Å². The highest BCUT2D eigenvalue weighted by atomic mass is 35.5. The Hall–Kier alpha value is -0.710. The van der Waals surface area contributed by atoms with Crippen molar-refractivity contribution in [2.75, 3.05) is 19.0 Å². The number of morpholine rings is 1. The van der Waals surface area contributed by atoms with E-state index in [1.54, 1.807) is 6.20 Å². The van der Waals surface area contributed by atoms with Crippen molar-refractivity contribution in [2.45, 2.75) is 25.7 Å². The lowest BCUT2D eigenvalue weighted by Gasteiger charge is -2.36. The molecule has 1 aromatic rings. The van der Waals surface area contributed by atoms with Gasteiger partial charge in [-0.15, -0.1) is 11.6 Å². The summed E-state index contributed by atoms with van der Waals surface area (Å²) >= 11 is 5.82. The van der Waals surface area contributed by atoms with Crippen LogP contribution in [0, 0.1) is 5.82 Å². The van der Waals surface area contributed by atoms with Gasteiger partial charge in [0.15, 0.2) is 0 Å². The minimum Gasteiger partial charge on any atom is -0.371 e. The summed E-state index contributed by atoms with van der Waals surface area (Å²) in [6, 6.07) is 1.52. The second-order valence-electron chi connectivity index (χ2n) is 4.43. The van der Waals surface area contributed by atoms with Crippen LogP contribution in [0.15, 0.2) is 18.5 Å². The van der Waals surface area contributed by atoms with Crippen LogP contribution in [0.25, 0.3) is 0 Å². The zero-order chi connectivity index (χ0) is 12.3. The van der Waals surface area contributed by atoms with Crippen LogP contribution in [0.3, 0.4) is 0 Å². The molecule has 0 aliphatic carbocycles. The molecule has 2 unspecified atom stereocenters. The van der Waals surface area contributed by atoms with E-state index in [4.69, 9.17) is 16.3 Å². The maximum Gasteiger partial charge on any atom is 0.141 e. The normalized spacial score (nSPS) is 26.1. The smallest absolute Gasteiger partial charge is 0.141 e. The molecule has 5 heteroatoms. The van der Waals surface area contributed by atoms with Gasteiger partial charge in [0.2, 0.25) is 0 Å². The van der Waals surface area contributed by atoms with Crippen molar-refractivity contribution in [3.8, 4) is 0 Å². The molecule has 1 fully saturated rings. The van der Waals surface area contributed by atoms with Crippen LogP contribution in [0.1, 0.15) is 12.5 Å². The summed E-state index contributed by atoms with van der Waals surface area (Å²) in [7, 11) is 0. The molecule has 0 saturated carbocycles. The first-order valence-corrected chi connectivity index (χ1v) is 6.24. The molecule has 1 saturated heterocycles. The molecule has 1 aliphatic heterocycles. The van der Waals surface area contributed by atoms with E-state index in [1.807, 2.05) is 6.92 Å². The number of hydrogen-bond acceptors (Lipinski definition) is 3. The van der Waals surface area contributed by atoms with Crippen LogP contribution in [0.5, 0.6) is 0 Å². The third-order valence-electron chi connectivity index (χ3n) is 2.74. The number of nitrogens with zero attached hydrogens (tertiary/aromatic N) is 2. The van der Waals surface area contributed by atoms with E-state index in [9.17, 15) is 4.39 Å². The molecule has 2 heterocycles. The van der Waals surface area contributed by atoms with E-state index < -0.39 is 0 Å². The van der Waals surface area contributed by atoms with E-state index >= 15 is 0 Å². The van der Waals surface area contributed by atoms with Crippen molar-refractivity contribution >= 4 is 11.6 Å². The summed E-state index contributed by atoms with van der Waals surface area (Å²) in [4.78, 5) is 6.07. The number of pyridine rings is 1. The van der Waals surface area contributed by atoms with Gasteiger partial charge in [0, 0.05) is 31.7 Å². The van der Waals surface area contributed by atoms with Crippen molar-refractivity contribution < 1.29 is 9.13 Å². The summed E-state index contributed by atoms with van der Waals surface area (Å²) in [5.41, 5.74) is 0.882. The van der Waals surface area contributed by atoms with E-state index in [0.717, 1.165) is 18.7 Å². The predicted molar refractivity (Wildman–Crippen MR) is 64.5 cm³/mol. The molecule has 1 aromatic heterocycles. The lowest BCUT2D eigenvalue weighted by Crippen LogP contribution is -2.46. The Morgan fingerprint density at radius 2 is 2.35 bits per heavy atom. The van der Waals surface area contributed by atoms with Crippen LogP contribution in [0.4, 0.5) is 4.39 Å². The van der Waals surface area contributed by atoms with E-state index in [1.165, 1.54) is 12.3 Å². The molecule has 2 atom stereocenters. The average Bonchev–Trinajstić information content (AvgIpc) is 2.28. The molecular weight excluding hydrogens is 243 g/mol. The first-order valence-electron chi connectivity index (χ1n) is 5.70. The standard InChI is InChI=1S/C12H16ClFN2O/c1-9-6-16(8-12(3-13)17-9)7-10-2-11(14)5-15-4-10/h2,4-5,9,12H,3,6-8H2,1H3. The van der Waals surface area contributed by atoms with Crippen molar-refractivity contribution in [1.29, 1.82) is 0 Å². The minimum atomic E-state index is -0.294. The van der Waals surface area contributed by atoms with Crippen molar-refractivity contribution in [1.82, 2.24) is 9.88 Å². The van der Waals surface area contributed by atoms with Gasteiger partial charge in [-0.05, 0) is 18.6 Å². The highest BCUT2D eigenvalue weighted by molar-refractivity contribution is 6.18. The Morgan fingerprint density at radius 1 is 1.53 bits per heavy atom. The second kappa shape index (κ2) is 5.76. The Bertz CT molecular complexity index is 377. The molecule has 0 aromatic carbocycles. The lowest BCUT2D eigenvalue weighted by molar-refractivity contribution is -0.0689. The fourth-order valence-electron chi connectivity index (χ4n) is 2.16. The van der Waals surface area contributed by atoms with Crippen LogP contribution in [-0.2, 0) is 11.3 Å². The van der Waals surface area contributed by atoms with Crippen LogP contribution in [0.2, 0.25) is 0 Å². The number of hydrogen-bond donors (Lipinski definition) is 0. The summed E-state index contributed by atoms with van der Waals surface area (Å²) < 4.78 is 18.7. The van der Waals surface area contributed by atoms with Gasteiger partial charge in [-0.1, -0.05) is 0 Å². The number of rotatable bonds is 3. The maximum atomic E-state index is 13.0. The zero-order valence-electron chi connectivity index (χ0n) is 9.77. The van der Waals surface area contributed by atoms with Crippen LogP contribution < -0.4 is 0 Å². The van der Waals surface area contributed by atoms with Gasteiger partial charge in [-0.3, -0.25) is 9.88 Å². The highest BCUT2D eigenvalue weighted by Gasteiger charge is 2.24. The number of ether oxygens (including phenoxy) is 1. The summed E-state index contributed by atoms with van der Waals surface area (Å²) in [5.74, 6) is 0.195. The van der Waals surface area contributed by atoms with Gasteiger partial charge in [0.05, 0.1) is 18.4 Å². The molecule has 0 radical (unpaired) electrons. The van der Waals surface area contributed by atoms with E-state index in [2.05, 4.69) is 9.88 Å². The van der Waals surface area contributed by atoms with Crippen molar-refractivity contribution in [3.63, 3.8) is 0 Å². The summed E-state index contributed by atoms with van der Waals surface area (Å²) in [6.07, 6.45) is 3.13. The van der Waals surface area contributed by atoms with Gasteiger partial charge >= 0.3 is 0 Å². The highest BCUT2D eigenvalue weighted by Crippen LogP contribution is 2.15. The molecule has 3 nitrogen and oxygen atoms in total. The lowest BCUT2D eigenvalue weighted by atomic mass is 10.2. The first-order chi connectivity index (χ1) is 8.17. The quantitative estimate of drug-likeness (QED) is 0.776. The molecular formula is C12H16ClFN2O. The van der Waals surface area contributed by atoms with E-state index in [-0.39, 0.29) is 18.0 Å². The third-order valence-corrected chi connectivity index (χ3v) is 3.09. The molecule has 94 valence electrons. The number of aromatic nitrogens is 1. The maximum absolute atomic E-state index is 13.0. The van der Waals surface area contributed by atoms with Gasteiger partial charge in [-0.2, -0.15) is 0 Å². The Labute approximate surface area is 106 Å². The predicted octanol–water partition coefficient (Wildman–Crippen LogP) is 2.05. The zero-order valence-corrected chi connectivity index (χ0v) is 10.5. The first kappa shape index (κ1) is 12.7. The van der Waals surface area contributed by atoms with Gasteiger partial charge in [0.25, 0.3) is 0 Å². The monoisotopic (exact) mass is 258 g/mol. The van der Waals surface area contributed by atoms with Crippen molar-refractivity contribution in [3.05, 3.63) is 29.8 Å². The molecule has 1 aliphatic rings. The van der Waals surface area contributed by atoms with Crippen LogP contribution in [-0.4, -0.2) is 41.1 Å². The fourth-order valence-corrected chi connectivity index (χ4v) is 2.33. The van der Waals surface area contributed by atoms with Gasteiger partial charge in [-0.25, -0.2) is 4.39 Å². The Morgan fingerprint density at radius 3 is 3.06 bits per heavy atom. The summed E-state index contributed by atoms with van der Waals surface area (Å²) in [5, 5.41) is 0. The third kappa shape index (κ3) is 3.63. The van der Waals surface area contributed by atoms with Gasteiger partial charge < -0.3 is 4.74 Å². The minimum absolute atomic E-state index is 0.0573. The molecule has 0 N–H and O–H groups in total. The Kier molecular flexibility index (Phi) is 4.31. The molecule has 2 rings (SSSR count). The fraction of sp³-hybridized carbons (Fsp3) is 0.583. The average molecular weight is 259 g/mol.